The molecule has 0 aromatic heterocycles. The molecule has 6 heteroatoms. The third-order valence-corrected chi connectivity index (χ3v) is 14.8. The van der Waals surface area contributed by atoms with Gasteiger partial charge in [0.2, 0.25) is 0 Å². The van der Waals surface area contributed by atoms with Gasteiger partial charge in [-0.25, -0.2) is 0 Å². The summed E-state index contributed by atoms with van der Waals surface area (Å²) in [5.41, 5.74) is 0. The predicted molar refractivity (Wildman–Crippen MR) is 330 cm³/mol. The third-order valence-electron chi connectivity index (χ3n) is 14.8. The highest BCUT2D eigenvalue weighted by Crippen LogP contribution is 2.18. The minimum absolute atomic E-state index is 0.0939. The molecule has 0 aliphatic heterocycles. The first-order valence-corrected chi connectivity index (χ1v) is 33.3. The van der Waals surface area contributed by atoms with Crippen molar-refractivity contribution in [1.82, 2.24) is 0 Å². The largest absolute Gasteiger partial charge is 0.462 e. The molecule has 0 spiro atoms. The van der Waals surface area contributed by atoms with E-state index in [-0.39, 0.29) is 37.5 Å². The van der Waals surface area contributed by atoms with Crippen molar-refractivity contribution < 1.29 is 28.6 Å². The average molecular weight is 1060 g/mol. The predicted octanol–water partition coefficient (Wildman–Crippen LogP) is 22.7. The molecular weight excluding hydrogens is 937 g/mol. The number of hydrogen-bond acceptors (Lipinski definition) is 6. The number of hydrogen-bond donors (Lipinski definition) is 0. The maximum Gasteiger partial charge on any atom is 0.306 e. The normalized spacial score (nSPS) is 12.4. The van der Waals surface area contributed by atoms with Gasteiger partial charge in [-0.2, -0.15) is 0 Å². The lowest BCUT2D eigenvalue weighted by atomic mass is 10.0. The van der Waals surface area contributed by atoms with Crippen molar-refractivity contribution in [2.24, 2.45) is 0 Å². The fourth-order valence-corrected chi connectivity index (χ4v) is 9.84. The quantitative estimate of drug-likeness (QED) is 0.0261. The second kappa shape index (κ2) is 64.6. The first kappa shape index (κ1) is 73.1. The van der Waals surface area contributed by atoms with Crippen LogP contribution in [0.2, 0.25) is 0 Å². The molecule has 1 atom stereocenters. The molecule has 76 heavy (non-hydrogen) atoms. The topological polar surface area (TPSA) is 78.9 Å². The van der Waals surface area contributed by atoms with Gasteiger partial charge < -0.3 is 14.2 Å². The fraction of sp³-hybridized carbons (Fsp3) is 0.814. The number of carbonyl (C=O) groups is 3. The first-order valence-electron chi connectivity index (χ1n) is 33.3. The second-order valence-corrected chi connectivity index (χ2v) is 22.4. The third kappa shape index (κ3) is 62.0. The standard InChI is InChI=1S/C70H126O6/c1-4-7-10-13-16-18-20-22-24-26-27-28-29-30-31-32-33-34-35-36-37-38-39-40-41-42-43-45-46-48-50-52-54-57-60-63-69(72)75-66-67(65-74-68(71)62-59-56-15-12-9-6-3)76-70(73)64-61-58-55-53-51-49-47-44-25-23-21-19-17-14-11-8-5-2/h8,11,17,19,23,25,47,49,53,55,67H,4-7,9-10,12-16,18,20-22,24,26-46,48,50-52,54,56-66H2,1-3H3/b11-8-,19-17-,25-23-,49-47-,55-53-. The van der Waals surface area contributed by atoms with Crippen molar-refractivity contribution in [2.75, 3.05) is 13.2 Å². The van der Waals surface area contributed by atoms with Gasteiger partial charge in [0, 0.05) is 19.3 Å². The van der Waals surface area contributed by atoms with E-state index in [0.717, 1.165) is 77.0 Å². The van der Waals surface area contributed by atoms with Crippen LogP contribution in [0.5, 0.6) is 0 Å². The van der Waals surface area contributed by atoms with Crippen LogP contribution in [0.4, 0.5) is 0 Å². The van der Waals surface area contributed by atoms with E-state index in [2.05, 4.69) is 81.5 Å². The van der Waals surface area contributed by atoms with Crippen molar-refractivity contribution in [2.45, 2.75) is 354 Å². The number of ether oxygens (including phenoxy) is 3. The van der Waals surface area contributed by atoms with E-state index in [9.17, 15) is 14.4 Å². The molecule has 442 valence electrons. The van der Waals surface area contributed by atoms with Crippen molar-refractivity contribution in [3.63, 3.8) is 0 Å². The van der Waals surface area contributed by atoms with Gasteiger partial charge in [0.15, 0.2) is 6.10 Å². The van der Waals surface area contributed by atoms with Gasteiger partial charge in [-0.05, 0) is 57.8 Å². The number of unbranched alkanes of at least 4 members (excludes halogenated alkanes) is 40. The van der Waals surface area contributed by atoms with Gasteiger partial charge >= 0.3 is 17.9 Å². The molecule has 0 aliphatic rings. The summed E-state index contributed by atoms with van der Waals surface area (Å²) < 4.78 is 16.7. The summed E-state index contributed by atoms with van der Waals surface area (Å²) in [6, 6.07) is 0. The molecule has 0 amide bonds. The Bertz CT molecular complexity index is 1360. The first-order chi connectivity index (χ1) is 37.5. The van der Waals surface area contributed by atoms with Crippen LogP contribution < -0.4 is 0 Å². The van der Waals surface area contributed by atoms with Crippen LogP contribution in [0.3, 0.4) is 0 Å². The highest BCUT2D eigenvalue weighted by molar-refractivity contribution is 5.71. The molecule has 0 saturated heterocycles. The van der Waals surface area contributed by atoms with E-state index < -0.39 is 6.10 Å². The molecular formula is C70H126O6. The Morgan fingerprint density at radius 1 is 0.276 bits per heavy atom. The molecule has 0 aromatic rings. The summed E-state index contributed by atoms with van der Waals surface area (Å²) in [4.78, 5) is 37.9. The lowest BCUT2D eigenvalue weighted by Crippen LogP contribution is -2.30. The van der Waals surface area contributed by atoms with Crippen LogP contribution in [0.25, 0.3) is 0 Å². The van der Waals surface area contributed by atoms with Crippen LogP contribution in [-0.4, -0.2) is 37.2 Å². The molecule has 0 aliphatic carbocycles. The van der Waals surface area contributed by atoms with Gasteiger partial charge in [-0.1, -0.05) is 332 Å². The molecule has 0 radical (unpaired) electrons. The van der Waals surface area contributed by atoms with Crippen molar-refractivity contribution in [1.29, 1.82) is 0 Å². The van der Waals surface area contributed by atoms with Crippen LogP contribution in [0, 0.1) is 0 Å². The molecule has 0 rings (SSSR count). The summed E-state index contributed by atoms with van der Waals surface area (Å²) in [7, 11) is 0. The van der Waals surface area contributed by atoms with E-state index in [1.807, 2.05) is 0 Å². The zero-order chi connectivity index (χ0) is 55.0. The summed E-state index contributed by atoms with van der Waals surface area (Å²) >= 11 is 0. The van der Waals surface area contributed by atoms with Gasteiger partial charge in [-0.3, -0.25) is 14.4 Å². The lowest BCUT2D eigenvalue weighted by molar-refractivity contribution is -0.167. The van der Waals surface area contributed by atoms with E-state index >= 15 is 0 Å². The smallest absolute Gasteiger partial charge is 0.306 e. The number of esters is 3. The van der Waals surface area contributed by atoms with Gasteiger partial charge in [0.05, 0.1) is 0 Å². The highest BCUT2D eigenvalue weighted by Gasteiger charge is 2.19. The van der Waals surface area contributed by atoms with Crippen LogP contribution in [-0.2, 0) is 28.6 Å². The highest BCUT2D eigenvalue weighted by atomic mass is 16.6. The minimum Gasteiger partial charge on any atom is -0.462 e. The SMILES string of the molecule is CC/C=C\C/C=C\C/C=C\C/C=C\C/C=C\CCCC(=O)OC(COC(=O)CCCCCCCC)COC(=O)CCCCCCCCCCCCCCCCCCCCCCCCCCCCCCCCCCCCC. The van der Waals surface area contributed by atoms with Crippen molar-refractivity contribution in [3.8, 4) is 0 Å². The molecule has 6 nitrogen and oxygen atoms in total. The Hall–Kier alpha value is -2.89. The maximum absolute atomic E-state index is 12.8. The average Bonchev–Trinajstić information content (AvgIpc) is 3.42. The lowest BCUT2D eigenvalue weighted by Gasteiger charge is -2.18. The summed E-state index contributed by atoms with van der Waals surface area (Å²) in [6.07, 6.45) is 83.2. The van der Waals surface area contributed by atoms with Crippen LogP contribution >= 0.6 is 0 Å². The fourth-order valence-electron chi connectivity index (χ4n) is 9.84. The second-order valence-electron chi connectivity index (χ2n) is 22.4. The van der Waals surface area contributed by atoms with E-state index in [1.165, 1.54) is 225 Å². The molecule has 0 bridgehead atoms. The Kier molecular flexibility index (Phi) is 62.2. The monoisotopic (exact) mass is 1060 g/mol. The number of carbonyl (C=O) groups excluding carboxylic acids is 3. The Balaban J connectivity index is 3.93. The van der Waals surface area contributed by atoms with E-state index in [4.69, 9.17) is 14.2 Å². The van der Waals surface area contributed by atoms with E-state index in [0.29, 0.717) is 19.3 Å². The Morgan fingerprint density at radius 2 is 0.513 bits per heavy atom. The number of rotatable bonds is 61. The minimum atomic E-state index is -0.799. The molecule has 0 N–H and O–H groups in total. The molecule has 0 fully saturated rings. The van der Waals surface area contributed by atoms with Crippen LogP contribution in [0.15, 0.2) is 60.8 Å². The van der Waals surface area contributed by atoms with Gasteiger partial charge in [-0.15, -0.1) is 0 Å². The maximum atomic E-state index is 12.8. The summed E-state index contributed by atoms with van der Waals surface area (Å²) in [5, 5.41) is 0. The summed E-state index contributed by atoms with van der Waals surface area (Å²) in [5.74, 6) is -0.950. The van der Waals surface area contributed by atoms with Crippen LogP contribution in [0.1, 0.15) is 348 Å². The Labute approximate surface area is 472 Å². The van der Waals surface area contributed by atoms with Gasteiger partial charge in [0.25, 0.3) is 0 Å². The zero-order valence-corrected chi connectivity index (χ0v) is 50.8. The molecule has 0 aromatic carbocycles. The van der Waals surface area contributed by atoms with Crippen molar-refractivity contribution in [3.05, 3.63) is 60.8 Å². The molecule has 0 saturated carbocycles. The zero-order valence-electron chi connectivity index (χ0n) is 50.8. The number of allylic oxidation sites excluding steroid dienone is 10. The molecule has 0 heterocycles. The van der Waals surface area contributed by atoms with E-state index in [1.54, 1.807) is 0 Å². The Morgan fingerprint density at radius 3 is 0.789 bits per heavy atom. The van der Waals surface area contributed by atoms with Gasteiger partial charge in [0.1, 0.15) is 13.2 Å². The summed E-state index contributed by atoms with van der Waals surface area (Å²) in [6.45, 7) is 6.46. The molecule has 1 unspecified atom stereocenters. The van der Waals surface area contributed by atoms with Crippen molar-refractivity contribution >= 4 is 17.9 Å².